The number of anilines is 2. The van der Waals surface area contributed by atoms with Crippen molar-refractivity contribution in [3.8, 4) is 0 Å². The Balaban J connectivity index is 2.66. The van der Waals surface area contributed by atoms with Gasteiger partial charge in [0, 0.05) is 11.4 Å². The smallest absolute Gasteiger partial charge is 0.116 e. The molecule has 0 aliphatic rings. The van der Waals surface area contributed by atoms with Gasteiger partial charge >= 0.3 is 0 Å². The Hall–Kier alpha value is -2.04. The summed E-state index contributed by atoms with van der Waals surface area (Å²) in [5.74, 6) is 0. The number of aryl methyl sites for hydroxylation is 4. The summed E-state index contributed by atoms with van der Waals surface area (Å²) in [4.78, 5) is 0. The van der Waals surface area contributed by atoms with E-state index in [1.54, 1.807) is 0 Å². The maximum absolute atomic E-state index is 6.65. The molecule has 0 radical (unpaired) electrons. The molecule has 4 heteroatoms. The predicted octanol–water partition coefficient (Wildman–Crippen LogP) is 3.22. The van der Waals surface area contributed by atoms with Crippen LogP contribution in [0.25, 0.3) is 0 Å². The molecule has 0 fully saturated rings. The number of nitrogens with two attached hydrogens (primary N) is 4. The number of hydrogen-bond acceptors (Lipinski definition) is 4. The van der Waals surface area contributed by atoms with Crippen LogP contribution in [0.3, 0.4) is 0 Å². The molecule has 136 valence electrons. The van der Waals surface area contributed by atoms with Crippen molar-refractivity contribution < 1.29 is 0 Å². The molecule has 2 aromatic carbocycles. The van der Waals surface area contributed by atoms with Crippen LogP contribution in [0.5, 0.6) is 0 Å². The molecule has 8 N–H and O–H groups in total. The maximum atomic E-state index is 6.65. The van der Waals surface area contributed by atoms with Crippen molar-refractivity contribution in [2.45, 2.75) is 59.0 Å². The van der Waals surface area contributed by atoms with Gasteiger partial charge in [-0.15, -0.1) is 0 Å². The zero-order valence-electron chi connectivity index (χ0n) is 15.9. The van der Waals surface area contributed by atoms with Crippen molar-refractivity contribution in [3.63, 3.8) is 0 Å². The summed E-state index contributed by atoms with van der Waals surface area (Å²) in [6.07, 6.45) is 3.41. The molecule has 0 heterocycles. The molecule has 0 unspecified atom stereocenters. The lowest BCUT2D eigenvalue weighted by molar-refractivity contribution is 0.565. The third-order valence-electron chi connectivity index (χ3n) is 5.18. The lowest BCUT2D eigenvalue weighted by atomic mass is 9.86. The van der Waals surface area contributed by atoms with E-state index in [1.165, 1.54) is 0 Å². The third-order valence-corrected chi connectivity index (χ3v) is 5.18. The highest BCUT2D eigenvalue weighted by Gasteiger charge is 2.27. The van der Waals surface area contributed by atoms with Gasteiger partial charge in [0.2, 0.25) is 0 Å². The van der Waals surface area contributed by atoms with E-state index >= 15 is 0 Å². The summed E-state index contributed by atoms with van der Waals surface area (Å²) in [7, 11) is 0. The van der Waals surface area contributed by atoms with Crippen LogP contribution in [0, 0.1) is 0 Å². The van der Waals surface area contributed by atoms with E-state index in [0.717, 1.165) is 70.4 Å². The second-order valence-electron chi connectivity index (χ2n) is 6.70. The predicted molar refractivity (Wildman–Crippen MR) is 108 cm³/mol. The minimum Gasteiger partial charge on any atom is -0.398 e. The van der Waals surface area contributed by atoms with Crippen LogP contribution in [-0.4, -0.2) is 0 Å². The highest BCUT2D eigenvalue weighted by atomic mass is 15.0. The molecule has 0 saturated carbocycles. The van der Waals surface area contributed by atoms with Crippen LogP contribution in [0.15, 0.2) is 24.3 Å². The van der Waals surface area contributed by atoms with Crippen molar-refractivity contribution >= 4 is 11.4 Å². The Morgan fingerprint density at radius 3 is 1.04 bits per heavy atom. The molecule has 25 heavy (non-hydrogen) atoms. The van der Waals surface area contributed by atoms with Crippen LogP contribution in [0.1, 0.15) is 61.1 Å². The van der Waals surface area contributed by atoms with Crippen molar-refractivity contribution in [3.05, 3.63) is 57.6 Å². The Morgan fingerprint density at radius 2 is 0.840 bits per heavy atom. The van der Waals surface area contributed by atoms with Gasteiger partial charge in [-0.3, -0.25) is 0 Å². The van der Waals surface area contributed by atoms with Gasteiger partial charge in [-0.1, -0.05) is 52.0 Å². The second-order valence-corrected chi connectivity index (χ2v) is 6.70. The summed E-state index contributed by atoms with van der Waals surface area (Å²) in [5, 5.41) is 0. The van der Waals surface area contributed by atoms with Gasteiger partial charge in [0.05, 0.1) is 0 Å². The molecule has 0 spiro atoms. The first-order valence-electron chi connectivity index (χ1n) is 9.21. The normalized spacial score (nSPS) is 11.8. The first kappa shape index (κ1) is 19.3. The first-order valence-corrected chi connectivity index (χ1v) is 9.21. The van der Waals surface area contributed by atoms with E-state index in [9.17, 15) is 0 Å². The Bertz CT molecular complexity index is 649. The molecule has 2 aromatic rings. The molecule has 0 aliphatic carbocycles. The average Bonchev–Trinajstić information content (AvgIpc) is 2.61. The summed E-state index contributed by atoms with van der Waals surface area (Å²) in [5.41, 5.74) is 32.6. The highest BCUT2D eigenvalue weighted by molar-refractivity contribution is 5.60. The van der Waals surface area contributed by atoms with Crippen molar-refractivity contribution in [1.82, 2.24) is 0 Å². The van der Waals surface area contributed by atoms with Gasteiger partial charge in [0.25, 0.3) is 0 Å². The molecule has 0 saturated heterocycles. The van der Waals surface area contributed by atoms with E-state index in [1.807, 2.05) is 24.3 Å². The van der Waals surface area contributed by atoms with E-state index < -0.39 is 5.66 Å². The monoisotopic (exact) mass is 340 g/mol. The van der Waals surface area contributed by atoms with Gasteiger partial charge in [0.15, 0.2) is 0 Å². The maximum Gasteiger partial charge on any atom is 0.116 e. The van der Waals surface area contributed by atoms with Crippen LogP contribution < -0.4 is 22.9 Å². The summed E-state index contributed by atoms with van der Waals surface area (Å²) in [6.45, 7) is 8.38. The molecule has 0 amide bonds. The van der Waals surface area contributed by atoms with Crippen LogP contribution in [0.4, 0.5) is 11.4 Å². The lowest BCUT2D eigenvalue weighted by Gasteiger charge is -2.29. The molecule has 0 aliphatic heterocycles. The molecule has 2 rings (SSSR count). The zero-order chi connectivity index (χ0) is 18.8. The lowest BCUT2D eigenvalue weighted by Crippen LogP contribution is -2.47. The molecule has 4 nitrogen and oxygen atoms in total. The van der Waals surface area contributed by atoms with E-state index in [4.69, 9.17) is 22.9 Å². The first-order chi connectivity index (χ1) is 11.8. The Morgan fingerprint density at radius 1 is 0.600 bits per heavy atom. The van der Waals surface area contributed by atoms with E-state index in [0.29, 0.717) is 0 Å². The minimum atomic E-state index is -1.08. The number of rotatable bonds is 6. The van der Waals surface area contributed by atoms with Gasteiger partial charge in [-0.2, -0.15) is 0 Å². The molecular formula is C21H32N4. The quantitative estimate of drug-likeness (QED) is 0.479. The average molecular weight is 341 g/mol. The second kappa shape index (κ2) is 7.46. The summed E-state index contributed by atoms with van der Waals surface area (Å²) >= 11 is 0. The number of nitrogen functional groups attached to an aromatic ring is 2. The SMILES string of the molecule is CCc1cc(C(N)(N)c2cc(CC)c(N)c(CC)c2)cc(CC)c1N. The fraction of sp³-hybridized carbons (Fsp3) is 0.429. The number of benzene rings is 2. The van der Waals surface area contributed by atoms with Gasteiger partial charge in [-0.25, -0.2) is 0 Å². The standard InChI is InChI=1S/C21H32N4/c1-5-13-9-17(10-14(6-2)19(13)22)21(24,25)18-11-15(7-3)20(23)16(8-4)12-18/h9-12H,5-8,22-25H2,1-4H3. The summed E-state index contributed by atoms with van der Waals surface area (Å²) < 4.78 is 0. The van der Waals surface area contributed by atoms with E-state index in [2.05, 4.69) is 27.7 Å². The van der Waals surface area contributed by atoms with Gasteiger partial charge < -0.3 is 22.9 Å². The van der Waals surface area contributed by atoms with Crippen molar-refractivity contribution in [1.29, 1.82) is 0 Å². The summed E-state index contributed by atoms with van der Waals surface area (Å²) in [6, 6.07) is 8.17. The Kier molecular flexibility index (Phi) is 5.76. The van der Waals surface area contributed by atoms with Crippen LogP contribution >= 0.6 is 0 Å². The number of hydrogen-bond donors (Lipinski definition) is 4. The fourth-order valence-corrected chi connectivity index (χ4v) is 3.37. The minimum absolute atomic E-state index is 0.852. The topological polar surface area (TPSA) is 104 Å². The fourth-order valence-electron chi connectivity index (χ4n) is 3.37. The Labute approximate surface area is 151 Å². The third kappa shape index (κ3) is 3.51. The van der Waals surface area contributed by atoms with Crippen molar-refractivity contribution in [2.75, 3.05) is 11.5 Å². The molecular weight excluding hydrogens is 308 g/mol. The van der Waals surface area contributed by atoms with Crippen molar-refractivity contribution in [2.24, 2.45) is 11.5 Å². The van der Waals surface area contributed by atoms with Crippen LogP contribution in [-0.2, 0) is 31.3 Å². The molecule has 0 aromatic heterocycles. The van der Waals surface area contributed by atoms with E-state index in [-0.39, 0.29) is 0 Å². The molecule has 0 bridgehead atoms. The zero-order valence-corrected chi connectivity index (χ0v) is 15.9. The van der Waals surface area contributed by atoms with Gasteiger partial charge in [-0.05, 0) is 59.1 Å². The largest absolute Gasteiger partial charge is 0.398 e. The van der Waals surface area contributed by atoms with Gasteiger partial charge in [0.1, 0.15) is 5.66 Å². The van der Waals surface area contributed by atoms with Crippen LogP contribution in [0.2, 0.25) is 0 Å². The molecule has 0 atom stereocenters. The highest BCUT2D eigenvalue weighted by Crippen LogP contribution is 2.32.